The van der Waals surface area contributed by atoms with Gasteiger partial charge in [0.15, 0.2) is 11.5 Å². The smallest absolute Gasteiger partial charge is 0.161 e. The summed E-state index contributed by atoms with van der Waals surface area (Å²) in [6, 6.07) is 17.1. The van der Waals surface area contributed by atoms with Crippen molar-refractivity contribution in [1.29, 1.82) is 0 Å². The van der Waals surface area contributed by atoms with Crippen LogP contribution in [0.2, 0.25) is 0 Å². The maximum Gasteiger partial charge on any atom is 0.161 e. The third-order valence-corrected chi connectivity index (χ3v) is 5.93. The van der Waals surface area contributed by atoms with Gasteiger partial charge < -0.3 is 14.4 Å². The Kier molecular flexibility index (Phi) is 8.18. The van der Waals surface area contributed by atoms with E-state index in [2.05, 4.69) is 60.9 Å². The quantitative estimate of drug-likeness (QED) is 0.483. The highest BCUT2D eigenvalue weighted by Crippen LogP contribution is 2.35. The lowest BCUT2D eigenvalue weighted by Gasteiger charge is -2.39. The largest absolute Gasteiger partial charge is 0.493 e. The minimum Gasteiger partial charge on any atom is -0.493 e. The van der Waals surface area contributed by atoms with E-state index in [1.165, 1.54) is 43.5 Å². The fraction of sp³-hybridized carbons (Fsp3) is 0.462. The zero-order valence-electron chi connectivity index (χ0n) is 18.0. The normalized spacial score (nSPS) is 19.7. The van der Waals surface area contributed by atoms with Crippen LogP contribution in [0.25, 0.3) is 0 Å². The molecule has 0 aromatic heterocycles. The summed E-state index contributed by atoms with van der Waals surface area (Å²) in [5.74, 6) is 2.65. The molecule has 0 N–H and O–H groups in total. The van der Waals surface area contributed by atoms with Gasteiger partial charge >= 0.3 is 0 Å². The summed E-state index contributed by atoms with van der Waals surface area (Å²) in [6.45, 7) is 10.2. The number of likely N-dealkylation sites (tertiary alicyclic amines) is 1. The molecule has 1 fully saturated rings. The second-order valence-corrected chi connectivity index (χ2v) is 8.01. The molecule has 1 aliphatic rings. The summed E-state index contributed by atoms with van der Waals surface area (Å²) >= 11 is 0. The molecule has 0 aliphatic carbocycles. The van der Waals surface area contributed by atoms with Gasteiger partial charge in [0, 0.05) is 12.5 Å². The molecule has 0 saturated carbocycles. The summed E-state index contributed by atoms with van der Waals surface area (Å²) in [7, 11) is 1.71. The molecule has 3 nitrogen and oxygen atoms in total. The number of piperidine rings is 1. The fourth-order valence-corrected chi connectivity index (χ4v) is 4.32. The number of benzene rings is 2. The lowest BCUT2D eigenvalue weighted by atomic mass is 9.81. The van der Waals surface area contributed by atoms with Crippen molar-refractivity contribution in [1.82, 2.24) is 4.90 Å². The van der Waals surface area contributed by atoms with Gasteiger partial charge in [0.05, 0.1) is 13.7 Å². The minimum atomic E-state index is 0.473. The molecule has 0 spiro atoms. The number of hydrogen-bond donors (Lipinski definition) is 0. The lowest BCUT2D eigenvalue weighted by molar-refractivity contribution is 0.108. The highest BCUT2D eigenvalue weighted by atomic mass is 16.5. The lowest BCUT2D eigenvalue weighted by Crippen LogP contribution is -2.42. The second kappa shape index (κ2) is 11.1. The van der Waals surface area contributed by atoms with Crippen LogP contribution in [0.5, 0.6) is 11.5 Å². The predicted molar refractivity (Wildman–Crippen MR) is 121 cm³/mol. The Balaban J connectivity index is 1.72. The zero-order valence-corrected chi connectivity index (χ0v) is 18.0. The van der Waals surface area contributed by atoms with Crippen molar-refractivity contribution in [2.45, 2.75) is 38.5 Å². The first kappa shape index (κ1) is 21.4. The standard InChI is InChI=1S/C26H35NO2/c1-4-6-16-27-17-15-24(22-11-8-7-9-12-22)23(19-27)20-29-25-14-13-21(10-5-2)18-26(25)28-3/h5,7-9,11-14,18,23-24H,2,4,6,10,15-17,19-20H2,1,3H3/t23-,24-/m1/s1. The van der Waals surface area contributed by atoms with Crippen molar-refractivity contribution in [3.05, 3.63) is 72.3 Å². The molecule has 1 heterocycles. The van der Waals surface area contributed by atoms with Crippen LogP contribution in [0, 0.1) is 5.92 Å². The maximum absolute atomic E-state index is 6.33. The van der Waals surface area contributed by atoms with Gasteiger partial charge in [-0.1, -0.05) is 55.8 Å². The molecule has 2 aromatic rings. The van der Waals surface area contributed by atoms with Crippen molar-refractivity contribution < 1.29 is 9.47 Å². The zero-order chi connectivity index (χ0) is 20.5. The van der Waals surface area contributed by atoms with Crippen LogP contribution in [0.3, 0.4) is 0 Å². The van der Waals surface area contributed by atoms with Gasteiger partial charge in [-0.2, -0.15) is 0 Å². The Morgan fingerprint density at radius 2 is 1.97 bits per heavy atom. The fourth-order valence-electron chi connectivity index (χ4n) is 4.32. The number of rotatable bonds is 10. The first-order valence-electron chi connectivity index (χ1n) is 10.9. The van der Waals surface area contributed by atoms with Gasteiger partial charge in [-0.15, -0.1) is 6.58 Å². The van der Waals surface area contributed by atoms with E-state index in [0.29, 0.717) is 18.4 Å². The number of hydrogen-bond acceptors (Lipinski definition) is 3. The molecule has 1 aliphatic heterocycles. The molecule has 0 amide bonds. The number of ether oxygens (including phenoxy) is 2. The van der Waals surface area contributed by atoms with Crippen LogP contribution in [0.15, 0.2) is 61.2 Å². The molecule has 3 rings (SSSR count). The van der Waals surface area contributed by atoms with Crippen molar-refractivity contribution in [2.75, 3.05) is 33.4 Å². The van der Waals surface area contributed by atoms with E-state index < -0.39 is 0 Å². The highest BCUT2D eigenvalue weighted by molar-refractivity contribution is 5.43. The molecule has 0 radical (unpaired) electrons. The maximum atomic E-state index is 6.33. The van der Waals surface area contributed by atoms with Crippen LogP contribution in [-0.4, -0.2) is 38.3 Å². The molecule has 0 bridgehead atoms. The number of nitrogens with zero attached hydrogens (tertiary/aromatic N) is 1. The van der Waals surface area contributed by atoms with E-state index in [1.54, 1.807) is 7.11 Å². The third-order valence-electron chi connectivity index (χ3n) is 5.93. The van der Waals surface area contributed by atoms with E-state index in [0.717, 1.165) is 24.5 Å². The van der Waals surface area contributed by atoms with E-state index in [1.807, 2.05) is 12.1 Å². The van der Waals surface area contributed by atoms with Crippen molar-refractivity contribution in [3.63, 3.8) is 0 Å². The number of methoxy groups -OCH3 is 1. The minimum absolute atomic E-state index is 0.473. The number of allylic oxidation sites excluding steroid dienone is 1. The Morgan fingerprint density at radius 1 is 1.14 bits per heavy atom. The van der Waals surface area contributed by atoms with Gasteiger partial charge in [0.2, 0.25) is 0 Å². The molecule has 2 aromatic carbocycles. The second-order valence-electron chi connectivity index (χ2n) is 8.01. The van der Waals surface area contributed by atoms with E-state index >= 15 is 0 Å². The Bertz CT molecular complexity index is 759. The average Bonchev–Trinajstić information content (AvgIpc) is 2.77. The predicted octanol–water partition coefficient (Wildman–Crippen LogP) is 5.71. The molecule has 0 unspecified atom stereocenters. The Labute approximate surface area is 176 Å². The molecule has 2 atom stereocenters. The van der Waals surface area contributed by atoms with Crippen molar-refractivity contribution in [3.8, 4) is 11.5 Å². The summed E-state index contributed by atoms with van der Waals surface area (Å²) in [5, 5.41) is 0. The van der Waals surface area contributed by atoms with E-state index in [-0.39, 0.29) is 0 Å². The highest BCUT2D eigenvalue weighted by Gasteiger charge is 2.30. The topological polar surface area (TPSA) is 21.7 Å². The van der Waals surface area contributed by atoms with Crippen molar-refractivity contribution >= 4 is 0 Å². The Hall–Kier alpha value is -2.26. The monoisotopic (exact) mass is 393 g/mol. The van der Waals surface area contributed by atoms with Crippen molar-refractivity contribution in [2.24, 2.45) is 5.92 Å². The van der Waals surface area contributed by atoms with Gasteiger partial charge in [0.25, 0.3) is 0 Å². The number of unbranched alkanes of at least 4 members (excludes halogenated alkanes) is 1. The van der Waals surface area contributed by atoms with E-state index in [4.69, 9.17) is 9.47 Å². The molecule has 3 heteroatoms. The summed E-state index contributed by atoms with van der Waals surface area (Å²) in [5.41, 5.74) is 2.62. The summed E-state index contributed by atoms with van der Waals surface area (Å²) < 4.78 is 11.9. The van der Waals surface area contributed by atoms with E-state index in [9.17, 15) is 0 Å². The van der Waals surface area contributed by atoms with Crippen LogP contribution in [0.4, 0.5) is 0 Å². The van der Waals surface area contributed by atoms with Gasteiger partial charge in [-0.3, -0.25) is 0 Å². The van der Waals surface area contributed by atoms with Crippen LogP contribution in [0.1, 0.15) is 43.2 Å². The molecular formula is C26H35NO2. The van der Waals surface area contributed by atoms with Crippen LogP contribution >= 0.6 is 0 Å². The Morgan fingerprint density at radius 3 is 2.69 bits per heavy atom. The van der Waals surface area contributed by atoms with Crippen LogP contribution < -0.4 is 9.47 Å². The molecule has 156 valence electrons. The first-order chi connectivity index (χ1) is 14.2. The molecule has 1 saturated heterocycles. The average molecular weight is 394 g/mol. The summed E-state index contributed by atoms with van der Waals surface area (Å²) in [6.07, 6.45) is 6.45. The van der Waals surface area contributed by atoms with Gasteiger partial charge in [-0.05, 0) is 61.5 Å². The first-order valence-corrected chi connectivity index (χ1v) is 10.9. The molecule has 29 heavy (non-hydrogen) atoms. The van der Waals surface area contributed by atoms with Crippen LogP contribution in [-0.2, 0) is 6.42 Å². The summed E-state index contributed by atoms with van der Waals surface area (Å²) in [4.78, 5) is 2.61. The third kappa shape index (κ3) is 5.86. The molecular weight excluding hydrogens is 358 g/mol. The van der Waals surface area contributed by atoms with Gasteiger partial charge in [0.1, 0.15) is 0 Å². The van der Waals surface area contributed by atoms with Gasteiger partial charge in [-0.25, -0.2) is 0 Å². The SMILES string of the molecule is C=CCc1ccc(OC[C@H]2CN(CCCC)CC[C@@H]2c2ccccc2)c(OC)c1.